The predicted octanol–water partition coefficient (Wildman–Crippen LogP) is 1.41. The molecule has 0 radical (unpaired) electrons. The Balaban J connectivity index is 2.26. The van der Waals surface area contributed by atoms with Gasteiger partial charge in [0.25, 0.3) is 0 Å². The molecule has 0 bridgehead atoms. The van der Waals surface area contributed by atoms with Crippen molar-refractivity contribution in [3.63, 3.8) is 0 Å². The Bertz CT molecular complexity index is 162. The molecule has 0 aromatic rings. The van der Waals surface area contributed by atoms with Crippen LogP contribution in [-0.2, 0) is 14.3 Å². The SMILES string of the molecule is COC(C)C(=O)CC1CCOCC1. The molecule has 1 rings (SSSR count). The van der Waals surface area contributed by atoms with Crippen LogP contribution in [-0.4, -0.2) is 32.2 Å². The lowest BCUT2D eigenvalue weighted by molar-refractivity contribution is -0.129. The lowest BCUT2D eigenvalue weighted by atomic mass is 9.93. The van der Waals surface area contributed by atoms with Crippen molar-refractivity contribution in [2.24, 2.45) is 5.92 Å². The zero-order chi connectivity index (χ0) is 9.68. The fourth-order valence-electron chi connectivity index (χ4n) is 1.53. The third-order valence-electron chi connectivity index (χ3n) is 2.64. The number of carbonyl (C=O) groups excluding carboxylic acids is 1. The molecule has 1 unspecified atom stereocenters. The molecule has 0 N–H and O–H groups in total. The molecule has 1 fully saturated rings. The monoisotopic (exact) mass is 186 g/mol. The summed E-state index contributed by atoms with van der Waals surface area (Å²) in [5.74, 6) is 0.730. The van der Waals surface area contributed by atoms with Crippen molar-refractivity contribution in [2.75, 3.05) is 20.3 Å². The highest BCUT2D eigenvalue weighted by Crippen LogP contribution is 2.19. The molecule has 0 spiro atoms. The molecule has 1 aliphatic rings. The number of hydrogen-bond donors (Lipinski definition) is 0. The van der Waals surface area contributed by atoms with Crippen molar-refractivity contribution >= 4 is 5.78 Å². The zero-order valence-corrected chi connectivity index (χ0v) is 8.41. The van der Waals surface area contributed by atoms with E-state index in [9.17, 15) is 4.79 Å². The van der Waals surface area contributed by atoms with Crippen LogP contribution in [0.3, 0.4) is 0 Å². The van der Waals surface area contributed by atoms with E-state index in [4.69, 9.17) is 9.47 Å². The summed E-state index contributed by atoms with van der Waals surface area (Å²) >= 11 is 0. The van der Waals surface area contributed by atoms with Gasteiger partial charge in [0.15, 0.2) is 5.78 Å². The molecule has 0 amide bonds. The lowest BCUT2D eigenvalue weighted by Gasteiger charge is -2.22. The highest BCUT2D eigenvalue weighted by Gasteiger charge is 2.20. The first kappa shape index (κ1) is 10.7. The average Bonchev–Trinajstić information content (AvgIpc) is 2.18. The Kier molecular flexibility index (Phi) is 4.39. The second-order valence-electron chi connectivity index (χ2n) is 3.60. The summed E-state index contributed by atoms with van der Waals surface area (Å²) in [7, 11) is 1.58. The van der Waals surface area contributed by atoms with Crippen molar-refractivity contribution in [3.8, 4) is 0 Å². The minimum Gasteiger partial charge on any atom is -0.381 e. The van der Waals surface area contributed by atoms with Gasteiger partial charge in [0, 0.05) is 26.7 Å². The van der Waals surface area contributed by atoms with Gasteiger partial charge in [-0.25, -0.2) is 0 Å². The molecule has 1 heterocycles. The van der Waals surface area contributed by atoms with Gasteiger partial charge in [0.05, 0.1) is 0 Å². The van der Waals surface area contributed by atoms with Crippen LogP contribution in [0.15, 0.2) is 0 Å². The molecule has 0 aromatic carbocycles. The Labute approximate surface area is 79.4 Å². The third kappa shape index (κ3) is 3.44. The maximum absolute atomic E-state index is 11.5. The molecular weight excluding hydrogens is 168 g/mol. The van der Waals surface area contributed by atoms with Crippen LogP contribution < -0.4 is 0 Å². The summed E-state index contributed by atoms with van der Waals surface area (Å²) in [5, 5.41) is 0. The summed E-state index contributed by atoms with van der Waals surface area (Å²) in [6, 6.07) is 0. The number of ether oxygens (including phenoxy) is 2. The molecular formula is C10H18O3. The molecule has 1 aliphatic heterocycles. The number of carbonyl (C=O) groups is 1. The van der Waals surface area contributed by atoms with Gasteiger partial charge in [0.1, 0.15) is 6.10 Å². The number of hydrogen-bond acceptors (Lipinski definition) is 3. The molecule has 13 heavy (non-hydrogen) atoms. The Hall–Kier alpha value is -0.410. The van der Waals surface area contributed by atoms with E-state index in [0.29, 0.717) is 12.3 Å². The summed E-state index contributed by atoms with van der Waals surface area (Å²) < 4.78 is 10.2. The molecule has 3 nitrogen and oxygen atoms in total. The smallest absolute Gasteiger partial charge is 0.161 e. The number of ketones is 1. The third-order valence-corrected chi connectivity index (χ3v) is 2.64. The largest absolute Gasteiger partial charge is 0.381 e. The highest BCUT2D eigenvalue weighted by atomic mass is 16.5. The van der Waals surface area contributed by atoms with Crippen LogP contribution in [0.2, 0.25) is 0 Å². The number of Topliss-reactive ketones (excluding diaryl/α,β-unsaturated/α-hetero) is 1. The van der Waals surface area contributed by atoms with E-state index in [0.717, 1.165) is 26.1 Å². The summed E-state index contributed by atoms with van der Waals surface area (Å²) in [6.07, 6.45) is 2.44. The normalized spacial score (nSPS) is 21.4. The number of rotatable bonds is 4. The van der Waals surface area contributed by atoms with E-state index < -0.39 is 0 Å². The van der Waals surface area contributed by atoms with Crippen molar-refractivity contribution in [2.45, 2.75) is 32.3 Å². The van der Waals surface area contributed by atoms with Crippen LogP contribution >= 0.6 is 0 Å². The average molecular weight is 186 g/mol. The highest BCUT2D eigenvalue weighted by molar-refractivity contribution is 5.82. The first-order valence-corrected chi connectivity index (χ1v) is 4.87. The van der Waals surface area contributed by atoms with Gasteiger partial charge in [-0.05, 0) is 25.7 Å². The van der Waals surface area contributed by atoms with Crippen molar-refractivity contribution in [1.82, 2.24) is 0 Å². The van der Waals surface area contributed by atoms with Gasteiger partial charge >= 0.3 is 0 Å². The van der Waals surface area contributed by atoms with Crippen LogP contribution in [0, 0.1) is 5.92 Å². The fraction of sp³-hybridized carbons (Fsp3) is 0.900. The fourth-order valence-corrected chi connectivity index (χ4v) is 1.53. The summed E-state index contributed by atoms with van der Waals surface area (Å²) in [4.78, 5) is 11.5. The summed E-state index contributed by atoms with van der Waals surface area (Å²) in [6.45, 7) is 3.42. The van der Waals surface area contributed by atoms with E-state index in [2.05, 4.69) is 0 Å². The molecule has 76 valence electrons. The van der Waals surface area contributed by atoms with Gasteiger partial charge in [-0.2, -0.15) is 0 Å². The standard InChI is InChI=1S/C10H18O3/c1-8(12-2)10(11)7-9-3-5-13-6-4-9/h8-9H,3-7H2,1-2H3. The number of methoxy groups -OCH3 is 1. The van der Waals surface area contributed by atoms with E-state index in [1.807, 2.05) is 6.92 Å². The molecule has 0 aromatic heterocycles. The molecule has 0 aliphatic carbocycles. The van der Waals surface area contributed by atoms with Crippen LogP contribution in [0.5, 0.6) is 0 Å². The van der Waals surface area contributed by atoms with Gasteiger partial charge in [-0.3, -0.25) is 4.79 Å². The molecule has 1 saturated heterocycles. The maximum atomic E-state index is 11.5. The molecule has 0 saturated carbocycles. The van der Waals surface area contributed by atoms with E-state index in [1.165, 1.54) is 0 Å². The van der Waals surface area contributed by atoms with E-state index in [1.54, 1.807) is 7.11 Å². The Morgan fingerprint density at radius 2 is 2.15 bits per heavy atom. The molecule has 1 atom stereocenters. The summed E-state index contributed by atoms with van der Waals surface area (Å²) in [5.41, 5.74) is 0. The van der Waals surface area contributed by atoms with Crippen molar-refractivity contribution in [3.05, 3.63) is 0 Å². The lowest BCUT2D eigenvalue weighted by Crippen LogP contribution is -2.25. The van der Waals surface area contributed by atoms with Gasteiger partial charge < -0.3 is 9.47 Å². The Morgan fingerprint density at radius 1 is 1.54 bits per heavy atom. The molecule has 3 heteroatoms. The van der Waals surface area contributed by atoms with Gasteiger partial charge in [-0.15, -0.1) is 0 Å². The quantitative estimate of drug-likeness (QED) is 0.666. The topological polar surface area (TPSA) is 35.5 Å². The second kappa shape index (κ2) is 5.35. The van der Waals surface area contributed by atoms with E-state index >= 15 is 0 Å². The van der Waals surface area contributed by atoms with Crippen LogP contribution in [0.4, 0.5) is 0 Å². The zero-order valence-electron chi connectivity index (χ0n) is 8.41. The first-order chi connectivity index (χ1) is 6.24. The van der Waals surface area contributed by atoms with E-state index in [-0.39, 0.29) is 11.9 Å². The minimum absolute atomic E-state index is 0.217. The van der Waals surface area contributed by atoms with Gasteiger partial charge in [-0.1, -0.05) is 0 Å². The minimum atomic E-state index is -0.247. The van der Waals surface area contributed by atoms with Crippen molar-refractivity contribution in [1.29, 1.82) is 0 Å². The maximum Gasteiger partial charge on any atom is 0.161 e. The first-order valence-electron chi connectivity index (χ1n) is 4.87. The van der Waals surface area contributed by atoms with Crippen LogP contribution in [0.25, 0.3) is 0 Å². The van der Waals surface area contributed by atoms with Crippen molar-refractivity contribution < 1.29 is 14.3 Å². The van der Waals surface area contributed by atoms with Gasteiger partial charge in [0.2, 0.25) is 0 Å². The van der Waals surface area contributed by atoms with Crippen LogP contribution in [0.1, 0.15) is 26.2 Å². The second-order valence-corrected chi connectivity index (χ2v) is 3.60. The predicted molar refractivity (Wildman–Crippen MR) is 49.6 cm³/mol. The Morgan fingerprint density at radius 3 is 2.69 bits per heavy atom.